The van der Waals surface area contributed by atoms with Gasteiger partial charge in [-0.1, -0.05) is 12.1 Å². The van der Waals surface area contributed by atoms with Gasteiger partial charge in [0.1, 0.15) is 0 Å². The van der Waals surface area contributed by atoms with Crippen LogP contribution in [0.5, 0.6) is 0 Å². The van der Waals surface area contributed by atoms with E-state index in [2.05, 4.69) is 32.9 Å². The lowest BCUT2D eigenvalue weighted by Crippen LogP contribution is -2.50. The Kier molecular flexibility index (Phi) is 8.04. The van der Waals surface area contributed by atoms with Crippen LogP contribution in [0.3, 0.4) is 0 Å². The molecule has 9 nitrogen and oxygen atoms in total. The van der Waals surface area contributed by atoms with Crippen molar-refractivity contribution in [3.63, 3.8) is 0 Å². The minimum absolute atomic E-state index is 0.0916. The van der Waals surface area contributed by atoms with Crippen LogP contribution in [-0.2, 0) is 14.8 Å². The summed E-state index contributed by atoms with van der Waals surface area (Å²) in [6, 6.07) is 13.7. The van der Waals surface area contributed by atoms with Crippen molar-refractivity contribution in [1.29, 1.82) is 0 Å². The van der Waals surface area contributed by atoms with Gasteiger partial charge in [0, 0.05) is 46.3 Å². The van der Waals surface area contributed by atoms with Gasteiger partial charge < -0.3 is 9.64 Å². The number of nitrogens with one attached hydrogen (secondary N) is 1. The summed E-state index contributed by atoms with van der Waals surface area (Å²) in [6.45, 7) is 2.87. The minimum Gasteiger partial charge on any atom is -0.450 e. The Morgan fingerprint density at radius 2 is 1.71 bits per heavy atom. The second-order valence-electron chi connectivity index (χ2n) is 7.61. The summed E-state index contributed by atoms with van der Waals surface area (Å²) in [6.07, 6.45) is -0.439. The number of carbonyl (C=O) groups is 2. The number of amides is 2. The molecule has 35 heavy (non-hydrogen) atoms. The maximum atomic E-state index is 13.0. The van der Waals surface area contributed by atoms with Crippen molar-refractivity contribution in [3.05, 3.63) is 63.0 Å². The molecule has 0 unspecified atom stereocenters. The number of rotatable bonds is 6. The molecule has 1 aliphatic rings. The van der Waals surface area contributed by atoms with E-state index in [4.69, 9.17) is 4.74 Å². The molecule has 0 radical (unpaired) electrons. The first-order valence-electron chi connectivity index (χ1n) is 10.8. The Morgan fingerprint density at radius 1 is 1.06 bits per heavy atom. The van der Waals surface area contributed by atoms with Crippen molar-refractivity contribution in [1.82, 2.24) is 14.2 Å². The Hall–Kier alpha value is -2.55. The van der Waals surface area contributed by atoms with Gasteiger partial charge in [-0.15, -0.1) is 11.3 Å². The zero-order valence-corrected chi connectivity index (χ0v) is 22.6. The quantitative estimate of drug-likeness (QED) is 0.413. The number of piperazine rings is 1. The second kappa shape index (κ2) is 11.0. The van der Waals surface area contributed by atoms with Gasteiger partial charge in [-0.3, -0.25) is 10.1 Å². The average molecular weight is 626 g/mol. The summed E-state index contributed by atoms with van der Waals surface area (Å²) in [4.78, 5) is 30.6. The number of thiazole rings is 1. The van der Waals surface area contributed by atoms with Crippen molar-refractivity contribution in [2.75, 3.05) is 38.1 Å². The van der Waals surface area contributed by atoms with Crippen molar-refractivity contribution in [2.45, 2.75) is 11.8 Å². The molecule has 3 aromatic rings. The van der Waals surface area contributed by atoms with Gasteiger partial charge in [-0.05, 0) is 65.9 Å². The third-order valence-electron chi connectivity index (χ3n) is 5.38. The lowest BCUT2D eigenvalue weighted by molar-refractivity contribution is 0.0933. The van der Waals surface area contributed by atoms with E-state index in [0.717, 1.165) is 14.8 Å². The maximum Gasteiger partial charge on any atom is 0.409 e. The molecule has 184 valence electrons. The monoisotopic (exact) mass is 626 g/mol. The number of aromatic nitrogens is 1. The largest absolute Gasteiger partial charge is 0.450 e. The molecular weight excluding hydrogens is 603 g/mol. The first-order valence-corrected chi connectivity index (χ1v) is 14.2. The number of hydrogen-bond acceptors (Lipinski definition) is 7. The highest BCUT2D eigenvalue weighted by Gasteiger charge is 2.30. The second-order valence-corrected chi connectivity index (χ2v) is 11.7. The molecule has 0 atom stereocenters. The third kappa shape index (κ3) is 6.00. The zero-order chi connectivity index (χ0) is 25.0. The van der Waals surface area contributed by atoms with Crippen LogP contribution in [-0.4, -0.2) is 67.4 Å². The number of nitrogens with zero attached hydrogens (tertiary/aromatic N) is 3. The molecule has 0 aliphatic carbocycles. The highest BCUT2D eigenvalue weighted by atomic mass is 127. The molecule has 1 aliphatic heterocycles. The van der Waals surface area contributed by atoms with Crippen LogP contribution in [0.2, 0.25) is 0 Å². The molecule has 1 aromatic heterocycles. The molecule has 1 N–H and O–H groups in total. The Morgan fingerprint density at radius 3 is 2.34 bits per heavy atom. The first kappa shape index (κ1) is 25.5. The first-order chi connectivity index (χ1) is 16.8. The van der Waals surface area contributed by atoms with Gasteiger partial charge in [-0.2, -0.15) is 4.31 Å². The summed E-state index contributed by atoms with van der Waals surface area (Å²) < 4.78 is 33.4. The molecule has 2 amide bonds. The Bertz CT molecular complexity index is 1300. The lowest BCUT2D eigenvalue weighted by atomic mass is 10.2. The molecule has 0 saturated carbocycles. The van der Waals surface area contributed by atoms with E-state index in [1.165, 1.54) is 44.8 Å². The van der Waals surface area contributed by atoms with Gasteiger partial charge in [0.05, 0.1) is 17.2 Å². The van der Waals surface area contributed by atoms with Gasteiger partial charge in [-0.25, -0.2) is 18.2 Å². The average Bonchev–Trinajstić information content (AvgIpc) is 3.33. The van der Waals surface area contributed by atoms with Crippen LogP contribution >= 0.6 is 33.9 Å². The maximum absolute atomic E-state index is 13.0. The molecule has 2 heterocycles. The molecular formula is C23H23IN4O5S2. The van der Waals surface area contributed by atoms with Crippen molar-refractivity contribution >= 4 is 61.1 Å². The summed E-state index contributed by atoms with van der Waals surface area (Å²) in [5.41, 5.74) is 2.05. The highest BCUT2D eigenvalue weighted by Crippen LogP contribution is 2.26. The molecule has 2 aromatic carbocycles. The predicted octanol–water partition coefficient (Wildman–Crippen LogP) is 4.13. The van der Waals surface area contributed by atoms with Crippen molar-refractivity contribution in [2.24, 2.45) is 0 Å². The van der Waals surface area contributed by atoms with E-state index in [1.54, 1.807) is 6.92 Å². The smallest absolute Gasteiger partial charge is 0.409 e. The lowest BCUT2D eigenvalue weighted by Gasteiger charge is -2.33. The topological polar surface area (TPSA) is 109 Å². The van der Waals surface area contributed by atoms with Crippen LogP contribution in [0.1, 0.15) is 17.3 Å². The number of halogens is 1. The molecule has 0 bridgehead atoms. The van der Waals surface area contributed by atoms with E-state index >= 15 is 0 Å². The van der Waals surface area contributed by atoms with E-state index in [9.17, 15) is 18.0 Å². The van der Waals surface area contributed by atoms with E-state index in [0.29, 0.717) is 10.7 Å². The summed E-state index contributed by atoms with van der Waals surface area (Å²) in [5, 5.41) is 5.09. The van der Waals surface area contributed by atoms with E-state index in [1.807, 2.05) is 29.6 Å². The fourth-order valence-electron chi connectivity index (χ4n) is 3.51. The predicted molar refractivity (Wildman–Crippen MR) is 142 cm³/mol. The number of sulfonamides is 1. The molecule has 4 rings (SSSR count). The van der Waals surface area contributed by atoms with Crippen LogP contribution in [0.15, 0.2) is 58.8 Å². The number of ether oxygens (including phenoxy) is 1. The van der Waals surface area contributed by atoms with Crippen LogP contribution in [0.4, 0.5) is 9.93 Å². The summed E-state index contributed by atoms with van der Waals surface area (Å²) in [5.74, 6) is -0.375. The molecule has 0 spiro atoms. The number of hydrogen-bond donors (Lipinski definition) is 1. The summed E-state index contributed by atoms with van der Waals surface area (Å²) >= 11 is 3.55. The van der Waals surface area contributed by atoms with E-state index in [-0.39, 0.29) is 43.6 Å². The number of anilines is 1. The van der Waals surface area contributed by atoms with Crippen LogP contribution < -0.4 is 5.32 Å². The summed E-state index contributed by atoms with van der Waals surface area (Å²) in [7, 11) is -3.74. The zero-order valence-electron chi connectivity index (χ0n) is 18.8. The SMILES string of the molecule is CCOC(=O)N1CCN(S(=O)(=O)c2ccc(C(=O)Nc3nc(-c4ccc(I)cc4)cs3)cc2)CC1. The van der Waals surface area contributed by atoms with Gasteiger partial charge >= 0.3 is 6.09 Å². The Labute approximate surface area is 221 Å². The van der Waals surface area contributed by atoms with E-state index < -0.39 is 16.1 Å². The standard InChI is InChI=1S/C23H23IN4O5S2/c1-2-33-23(30)27-11-13-28(14-12-27)35(31,32)19-9-5-17(6-10-19)21(29)26-22-25-20(15-34-22)16-3-7-18(24)8-4-16/h3-10,15H,2,11-14H2,1H3,(H,25,26,29). The molecule has 1 fully saturated rings. The van der Waals surface area contributed by atoms with Gasteiger partial charge in [0.2, 0.25) is 10.0 Å². The van der Waals surface area contributed by atoms with Crippen LogP contribution in [0, 0.1) is 3.57 Å². The Balaban J connectivity index is 1.38. The highest BCUT2D eigenvalue weighted by molar-refractivity contribution is 14.1. The molecule has 12 heteroatoms. The van der Waals surface area contributed by atoms with Crippen molar-refractivity contribution in [3.8, 4) is 11.3 Å². The number of benzene rings is 2. The van der Waals surface area contributed by atoms with Gasteiger partial charge in [0.25, 0.3) is 5.91 Å². The minimum atomic E-state index is -3.74. The third-order valence-corrected chi connectivity index (χ3v) is 8.77. The number of carbonyl (C=O) groups excluding carboxylic acids is 2. The fraction of sp³-hybridized carbons (Fsp3) is 0.261. The normalized spacial score (nSPS) is 14.5. The van der Waals surface area contributed by atoms with Crippen LogP contribution in [0.25, 0.3) is 11.3 Å². The van der Waals surface area contributed by atoms with Crippen molar-refractivity contribution < 1.29 is 22.7 Å². The molecule has 1 saturated heterocycles. The van der Waals surface area contributed by atoms with Gasteiger partial charge in [0.15, 0.2) is 5.13 Å². The fourth-order valence-corrected chi connectivity index (χ4v) is 6.00.